The first-order chi connectivity index (χ1) is 12.9. The Kier molecular flexibility index (Phi) is 3.54. The highest BCUT2D eigenvalue weighted by Crippen LogP contribution is 2.49. The Morgan fingerprint density at radius 2 is 2.04 bits per heavy atom. The highest BCUT2D eigenvalue weighted by Gasteiger charge is 2.48. The lowest BCUT2D eigenvalue weighted by molar-refractivity contribution is -0.141. The van der Waals surface area contributed by atoms with Gasteiger partial charge in [0.15, 0.2) is 11.5 Å². The number of thiophene rings is 1. The van der Waals surface area contributed by atoms with Gasteiger partial charge in [-0.05, 0) is 12.1 Å². The van der Waals surface area contributed by atoms with Crippen LogP contribution < -0.4 is 0 Å². The maximum Gasteiger partial charge on any atom is 0.248 e. The number of aromatic nitrogens is 5. The van der Waals surface area contributed by atoms with Crippen LogP contribution in [0.25, 0.3) is 32.6 Å². The Morgan fingerprint density at radius 3 is 2.81 bits per heavy atom. The van der Waals surface area contributed by atoms with Crippen molar-refractivity contribution < 1.29 is 13.9 Å². The maximum atomic E-state index is 13.1. The van der Waals surface area contributed by atoms with Gasteiger partial charge in [-0.25, -0.2) is 23.7 Å². The van der Waals surface area contributed by atoms with Gasteiger partial charge < -0.3 is 5.11 Å². The second-order valence-corrected chi connectivity index (χ2v) is 8.07. The van der Waals surface area contributed by atoms with Crippen LogP contribution in [0.3, 0.4) is 0 Å². The highest BCUT2D eigenvalue weighted by atomic mass is 32.1. The van der Waals surface area contributed by atoms with E-state index in [-0.39, 0.29) is 12.8 Å². The summed E-state index contributed by atoms with van der Waals surface area (Å²) >= 11 is 1.32. The molecule has 1 fully saturated rings. The van der Waals surface area contributed by atoms with Gasteiger partial charge in [-0.3, -0.25) is 4.68 Å². The summed E-state index contributed by atoms with van der Waals surface area (Å²) in [4.78, 5) is 14.7. The molecule has 0 aromatic carbocycles. The second kappa shape index (κ2) is 5.74. The third-order valence-corrected chi connectivity index (χ3v) is 6.00. The van der Waals surface area contributed by atoms with Crippen molar-refractivity contribution in [2.45, 2.75) is 24.9 Å². The van der Waals surface area contributed by atoms with E-state index >= 15 is 0 Å². The van der Waals surface area contributed by atoms with Gasteiger partial charge in [0, 0.05) is 65.6 Å². The van der Waals surface area contributed by atoms with Crippen LogP contribution in [0.4, 0.5) is 8.78 Å². The van der Waals surface area contributed by atoms with Gasteiger partial charge in [0.05, 0.1) is 6.10 Å². The minimum atomic E-state index is -2.65. The molecule has 9 heteroatoms. The Hall–Kier alpha value is -2.52. The smallest absolute Gasteiger partial charge is 0.248 e. The Labute approximate surface area is 156 Å². The Balaban J connectivity index is 1.47. The van der Waals surface area contributed by atoms with E-state index < -0.39 is 17.9 Å². The van der Waals surface area contributed by atoms with Crippen LogP contribution in [0.1, 0.15) is 23.8 Å². The minimum Gasteiger partial charge on any atom is -0.387 e. The molecular formula is C18H15F2N5OS. The molecular weight excluding hydrogens is 372 g/mol. The summed E-state index contributed by atoms with van der Waals surface area (Å²) in [5, 5.41) is 16.3. The van der Waals surface area contributed by atoms with Crippen molar-refractivity contribution in [3.8, 4) is 11.4 Å². The van der Waals surface area contributed by atoms with Crippen LogP contribution in [0.2, 0.25) is 0 Å². The molecule has 138 valence electrons. The fraction of sp³-hybridized carbons (Fsp3) is 0.333. The van der Waals surface area contributed by atoms with Gasteiger partial charge in [0.2, 0.25) is 5.92 Å². The van der Waals surface area contributed by atoms with E-state index in [4.69, 9.17) is 0 Å². The molecule has 0 aliphatic heterocycles. The maximum absolute atomic E-state index is 13.1. The van der Waals surface area contributed by atoms with Gasteiger partial charge in [-0.2, -0.15) is 5.10 Å². The standard InChI is InChI=1S/C18H15F2N5OS/c1-25-8-11-2-9(6-22-16(11)24-25)15-21-7-10-3-13(27-17(10)23-15)14(26)12-4-18(19,20)5-12/h2-3,6-8,12,14,26H,4-5H2,1H3/t14-/m1/s1. The number of alkyl halides is 2. The SMILES string of the molecule is Cn1cc2cc(-c3ncc4cc([C@H](O)C5CC(F)(F)C5)sc4n3)cnc2n1. The van der Waals surface area contributed by atoms with Gasteiger partial charge in [-0.1, -0.05) is 0 Å². The number of hydrogen-bond donors (Lipinski definition) is 1. The number of aliphatic hydroxyl groups excluding tert-OH is 1. The van der Waals surface area contributed by atoms with Crippen molar-refractivity contribution in [3.05, 3.63) is 35.6 Å². The van der Waals surface area contributed by atoms with E-state index in [9.17, 15) is 13.9 Å². The van der Waals surface area contributed by atoms with Gasteiger partial charge in [0.1, 0.15) is 4.83 Å². The van der Waals surface area contributed by atoms with Crippen molar-refractivity contribution >= 4 is 32.6 Å². The lowest BCUT2D eigenvalue weighted by Gasteiger charge is -2.37. The molecule has 0 amide bonds. The van der Waals surface area contributed by atoms with E-state index in [1.165, 1.54) is 11.3 Å². The molecule has 1 aliphatic carbocycles. The van der Waals surface area contributed by atoms with E-state index in [1.54, 1.807) is 23.1 Å². The first-order valence-corrected chi connectivity index (χ1v) is 9.32. The van der Waals surface area contributed by atoms with E-state index in [2.05, 4.69) is 20.1 Å². The van der Waals surface area contributed by atoms with Crippen molar-refractivity contribution in [2.24, 2.45) is 13.0 Å². The van der Waals surface area contributed by atoms with E-state index in [1.807, 2.05) is 19.3 Å². The van der Waals surface area contributed by atoms with Crippen LogP contribution in [-0.2, 0) is 7.05 Å². The Morgan fingerprint density at radius 1 is 1.22 bits per heavy atom. The molecule has 5 rings (SSSR count). The highest BCUT2D eigenvalue weighted by molar-refractivity contribution is 7.18. The first-order valence-electron chi connectivity index (χ1n) is 8.50. The average molecular weight is 387 g/mol. The van der Waals surface area contributed by atoms with Crippen LogP contribution in [0.5, 0.6) is 0 Å². The largest absolute Gasteiger partial charge is 0.387 e. The molecule has 1 aliphatic rings. The van der Waals surface area contributed by atoms with Gasteiger partial charge >= 0.3 is 0 Å². The average Bonchev–Trinajstić information content (AvgIpc) is 3.19. The molecule has 27 heavy (non-hydrogen) atoms. The number of halogens is 2. The van der Waals surface area contributed by atoms with Crippen LogP contribution in [-0.4, -0.2) is 35.8 Å². The monoisotopic (exact) mass is 387 g/mol. The molecule has 4 aromatic heterocycles. The lowest BCUT2D eigenvalue weighted by Crippen LogP contribution is -2.38. The number of fused-ring (bicyclic) bond motifs is 2. The summed E-state index contributed by atoms with van der Waals surface area (Å²) in [5.41, 5.74) is 1.42. The predicted molar refractivity (Wildman–Crippen MR) is 97.5 cm³/mol. The zero-order valence-corrected chi connectivity index (χ0v) is 15.1. The molecule has 1 N–H and O–H groups in total. The summed E-state index contributed by atoms with van der Waals surface area (Å²) in [7, 11) is 1.83. The molecule has 0 saturated heterocycles. The van der Waals surface area contributed by atoms with Crippen LogP contribution >= 0.6 is 11.3 Å². The molecule has 1 atom stereocenters. The summed E-state index contributed by atoms with van der Waals surface area (Å²) in [6, 6.07) is 3.71. The zero-order chi connectivity index (χ0) is 18.8. The molecule has 0 unspecified atom stereocenters. The second-order valence-electron chi connectivity index (χ2n) is 7.01. The molecule has 1 saturated carbocycles. The minimum absolute atomic E-state index is 0.268. The zero-order valence-electron chi connectivity index (χ0n) is 14.3. The van der Waals surface area contributed by atoms with Crippen LogP contribution in [0.15, 0.2) is 30.7 Å². The molecule has 0 radical (unpaired) electrons. The molecule has 4 aromatic rings. The van der Waals surface area contributed by atoms with Crippen molar-refractivity contribution in [1.29, 1.82) is 0 Å². The summed E-state index contributed by atoms with van der Waals surface area (Å²) in [5.74, 6) is -2.52. The summed E-state index contributed by atoms with van der Waals surface area (Å²) in [6.07, 6.45) is 3.81. The lowest BCUT2D eigenvalue weighted by atomic mass is 9.77. The summed E-state index contributed by atoms with van der Waals surface area (Å²) in [6.45, 7) is 0. The number of aliphatic hydroxyl groups is 1. The van der Waals surface area contributed by atoms with Gasteiger partial charge in [-0.15, -0.1) is 11.3 Å². The normalized spacial score (nSPS) is 18.1. The number of hydrogen-bond acceptors (Lipinski definition) is 6. The summed E-state index contributed by atoms with van der Waals surface area (Å²) < 4.78 is 27.9. The Bertz CT molecular complexity index is 1160. The predicted octanol–water partition coefficient (Wildman–Crippen LogP) is 3.72. The topological polar surface area (TPSA) is 76.7 Å². The van der Waals surface area contributed by atoms with Crippen molar-refractivity contribution in [2.75, 3.05) is 0 Å². The van der Waals surface area contributed by atoms with E-state index in [0.717, 1.165) is 16.3 Å². The van der Waals surface area contributed by atoms with E-state index in [0.29, 0.717) is 21.2 Å². The van der Waals surface area contributed by atoms with Gasteiger partial charge in [0.25, 0.3) is 0 Å². The fourth-order valence-corrected chi connectivity index (χ4v) is 4.54. The number of nitrogens with zero attached hydrogens (tertiary/aromatic N) is 5. The number of rotatable bonds is 3. The molecule has 0 spiro atoms. The number of pyridine rings is 1. The van der Waals surface area contributed by atoms with Crippen molar-refractivity contribution in [1.82, 2.24) is 24.7 Å². The van der Waals surface area contributed by atoms with Crippen molar-refractivity contribution in [3.63, 3.8) is 0 Å². The quantitative estimate of drug-likeness (QED) is 0.580. The molecule has 0 bridgehead atoms. The van der Waals surface area contributed by atoms with Crippen LogP contribution in [0, 0.1) is 5.92 Å². The fourth-order valence-electron chi connectivity index (χ4n) is 3.45. The molecule has 4 heterocycles. The third kappa shape index (κ3) is 2.87. The number of aryl methyl sites for hydroxylation is 1. The first kappa shape index (κ1) is 16.6. The molecule has 6 nitrogen and oxygen atoms in total. The third-order valence-electron chi connectivity index (χ3n) is 4.88.